The predicted octanol–water partition coefficient (Wildman–Crippen LogP) is 2.50. The van der Waals surface area contributed by atoms with Crippen LogP contribution in [0, 0.1) is 5.41 Å². The summed E-state index contributed by atoms with van der Waals surface area (Å²) in [5, 5.41) is 12.6. The van der Waals surface area contributed by atoms with E-state index < -0.39 is 0 Å². The van der Waals surface area contributed by atoms with Crippen molar-refractivity contribution >= 4 is 0 Å². The van der Waals surface area contributed by atoms with Crippen molar-refractivity contribution in [2.45, 2.75) is 59.4 Å². The van der Waals surface area contributed by atoms with Crippen LogP contribution in [0.3, 0.4) is 0 Å². The first-order chi connectivity index (χ1) is 8.62. The van der Waals surface area contributed by atoms with Crippen LogP contribution in [0.25, 0.3) is 0 Å². The van der Waals surface area contributed by atoms with Crippen LogP contribution in [-0.4, -0.2) is 49.3 Å². The van der Waals surface area contributed by atoms with Crippen LogP contribution < -0.4 is 5.32 Å². The molecule has 3 nitrogen and oxygen atoms in total. The molecule has 0 spiro atoms. The first-order valence-corrected chi connectivity index (χ1v) is 7.62. The molecule has 0 saturated carbocycles. The standard InChI is InChI=1S/C15H34N2O/c1-6-14(7-2)17(10-11-18)13-15(8-3,9-4)12-16-5/h14,16,18H,6-13H2,1-5H3. The lowest BCUT2D eigenvalue weighted by Crippen LogP contribution is -2.47. The van der Waals surface area contributed by atoms with E-state index in [9.17, 15) is 5.11 Å². The summed E-state index contributed by atoms with van der Waals surface area (Å²) in [6, 6.07) is 0.603. The number of hydrogen-bond acceptors (Lipinski definition) is 3. The Labute approximate surface area is 114 Å². The van der Waals surface area contributed by atoms with Crippen LogP contribution in [0.1, 0.15) is 53.4 Å². The molecule has 0 aromatic heterocycles. The molecule has 0 heterocycles. The van der Waals surface area contributed by atoms with Gasteiger partial charge in [-0.1, -0.05) is 27.7 Å². The van der Waals surface area contributed by atoms with Gasteiger partial charge < -0.3 is 10.4 Å². The van der Waals surface area contributed by atoms with Crippen LogP contribution in [0.4, 0.5) is 0 Å². The van der Waals surface area contributed by atoms with E-state index in [0.717, 1.165) is 19.6 Å². The summed E-state index contributed by atoms with van der Waals surface area (Å²) in [6.45, 7) is 12.3. The van der Waals surface area contributed by atoms with E-state index in [2.05, 4.69) is 37.9 Å². The van der Waals surface area contributed by atoms with Gasteiger partial charge in [0.1, 0.15) is 0 Å². The first-order valence-electron chi connectivity index (χ1n) is 7.62. The quantitative estimate of drug-likeness (QED) is 0.598. The van der Waals surface area contributed by atoms with Gasteiger partial charge in [-0.25, -0.2) is 0 Å². The molecule has 0 aromatic carbocycles. The predicted molar refractivity (Wildman–Crippen MR) is 80.0 cm³/mol. The maximum Gasteiger partial charge on any atom is 0.0558 e. The van der Waals surface area contributed by atoms with E-state index in [1.54, 1.807) is 0 Å². The highest BCUT2D eigenvalue weighted by molar-refractivity contribution is 4.84. The van der Waals surface area contributed by atoms with Crippen molar-refractivity contribution in [1.82, 2.24) is 10.2 Å². The number of nitrogens with zero attached hydrogens (tertiary/aromatic N) is 1. The average Bonchev–Trinajstić information content (AvgIpc) is 2.39. The molecule has 0 saturated heterocycles. The van der Waals surface area contributed by atoms with Gasteiger partial charge in [0.05, 0.1) is 6.61 Å². The van der Waals surface area contributed by atoms with Gasteiger partial charge in [0.25, 0.3) is 0 Å². The Morgan fingerprint density at radius 3 is 2.00 bits per heavy atom. The number of nitrogens with one attached hydrogen (secondary N) is 1. The van der Waals surface area contributed by atoms with Gasteiger partial charge in [0.15, 0.2) is 0 Å². The Morgan fingerprint density at radius 2 is 1.67 bits per heavy atom. The number of hydrogen-bond donors (Lipinski definition) is 2. The van der Waals surface area contributed by atoms with Gasteiger partial charge in [0.2, 0.25) is 0 Å². The molecule has 0 radical (unpaired) electrons. The van der Waals surface area contributed by atoms with E-state index >= 15 is 0 Å². The van der Waals surface area contributed by atoms with Crippen molar-refractivity contribution in [3.63, 3.8) is 0 Å². The molecule has 2 N–H and O–H groups in total. The third kappa shape index (κ3) is 5.25. The van der Waals surface area contributed by atoms with Gasteiger partial charge >= 0.3 is 0 Å². The van der Waals surface area contributed by atoms with Crippen molar-refractivity contribution in [3.05, 3.63) is 0 Å². The smallest absolute Gasteiger partial charge is 0.0558 e. The largest absolute Gasteiger partial charge is 0.395 e. The summed E-state index contributed by atoms with van der Waals surface area (Å²) in [5.41, 5.74) is 0.340. The van der Waals surface area contributed by atoms with Crippen LogP contribution in [0.2, 0.25) is 0 Å². The second-order valence-electron chi connectivity index (χ2n) is 5.40. The summed E-state index contributed by atoms with van der Waals surface area (Å²) in [5.74, 6) is 0. The first kappa shape index (κ1) is 17.9. The fraction of sp³-hybridized carbons (Fsp3) is 1.00. The highest BCUT2D eigenvalue weighted by atomic mass is 16.3. The minimum Gasteiger partial charge on any atom is -0.395 e. The number of rotatable bonds is 11. The Bertz CT molecular complexity index is 189. The van der Waals surface area contributed by atoms with Gasteiger partial charge in [0, 0.05) is 25.7 Å². The summed E-state index contributed by atoms with van der Waals surface area (Å²) < 4.78 is 0. The zero-order valence-corrected chi connectivity index (χ0v) is 13.1. The molecule has 0 atom stereocenters. The third-order valence-corrected chi connectivity index (χ3v) is 4.44. The van der Waals surface area contributed by atoms with Gasteiger partial charge in [-0.2, -0.15) is 0 Å². The zero-order chi connectivity index (χ0) is 14.0. The van der Waals surface area contributed by atoms with Crippen LogP contribution in [0.5, 0.6) is 0 Å². The maximum atomic E-state index is 9.29. The minimum atomic E-state index is 0.263. The Hall–Kier alpha value is -0.120. The van der Waals surface area contributed by atoms with Crippen molar-refractivity contribution in [2.24, 2.45) is 5.41 Å². The summed E-state index contributed by atoms with van der Waals surface area (Å²) >= 11 is 0. The second kappa shape index (κ2) is 9.76. The van der Waals surface area contributed by atoms with Crippen molar-refractivity contribution in [3.8, 4) is 0 Å². The normalized spacial score (nSPS) is 12.7. The van der Waals surface area contributed by atoms with Crippen LogP contribution in [0.15, 0.2) is 0 Å². The van der Waals surface area contributed by atoms with E-state index in [1.807, 2.05) is 7.05 Å². The summed E-state index contributed by atoms with van der Waals surface area (Å²) in [7, 11) is 2.04. The zero-order valence-electron chi connectivity index (χ0n) is 13.1. The Balaban J connectivity index is 4.78. The molecular weight excluding hydrogens is 224 g/mol. The lowest BCUT2D eigenvalue weighted by molar-refractivity contribution is 0.0768. The van der Waals surface area contributed by atoms with E-state index in [4.69, 9.17) is 0 Å². The monoisotopic (exact) mass is 258 g/mol. The SMILES string of the molecule is CCC(CC)N(CCO)CC(CC)(CC)CNC. The summed E-state index contributed by atoms with van der Waals surface area (Å²) in [6.07, 6.45) is 4.71. The molecule has 0 rings (SSSR count). The highest BCUT2D eigenvalue weighted by Gasteiger charge is 2.30. The van der Waals surface area contributed by atoms with Crippen LogP contribution >= 0.6 is 0 Å². The lowest BCUT2D eigenvalue weighted by Gasteiger charge is -2.40. The topological polar surface area (TPSA) is 35.5 Å². The molecule has 0 unspecified atom stereocenters. The van der Waals surface area contributed by atoms with Crippen molar-refractivity contribution in [2.75, 3.05) is 33.3 Å². The Kier molecular flexibility index (Phi) is 9.70. The number of aliphatic hydroxyl groups excluding tert-OH is 1. The molecule has 18 heavy (non-hydrogen) atoms. The molecule has 0 fully saturated rings. The molecule has 0 amide bonds. The number of aliphatic hydroxyl groups is 1. The average molecular weight is 258 g/mol. The highest BCUT2D eigenvalue weighted by Crippen LogP contribution is 2.28. The van der Waals surface area contributed by atoms with Gasteiger partial charge in [-0.3, -0.25) is 4.90 Å². The molecule has 0 bridgehead atoms. The maximum absolute atomic E-state index is 9.29. The van der Waals surface area contributed by atoms with Crippen molar-refractivity contribution in [1.29, 1.82) is 0 Å². The molecule has 0 aliphatic carbocycles. The molecule has 0 aliphatic rings. The fourth-order valence-corrected chi connectivity index (χ4v) is 2.91. The third-order valence-electron chi connectivity index (χ3n) is 4.44. The van der Waals surface area contributed by atoms with Crippen molar-refractivity contribution < 1.29 is 5.11 Å². The lowest BCUT2D eigenvalue weighted by atomic mass is 9.81. The van der Waals surface area contributed by atoms with Gasteiger partial charge in [-0.15, -0.1) is 0 Å². The van der Waals surface area contributed by atoms with E-state index in [-0.39, 0.29) is 6.61 Å². The molecule has 0 aromatic rings. The fourth-order valence-electron chi connectivity index (χ4n) is 2.91. The van der Waals surface area contributed by atoms with E-state index in [1.165, 1.54) is 25.7 Å². The minimum absolute atomic E-state index is 0.263. The Morgan fingerprint density at radius 1 is 1.11 bits per heavy atom. The van der Waals surface area contributed by atoms with Gasteiger partial charge in [-0.05, 0) is 38.1 Å². The molecular formula is C15H34N2O. The van der Waals surface area contributed by atoms with Crippen LogP contribution in [-0.2, 0) is 0 Å². The van der Waals surface area contributed by atoms with E-state index in [0.29, 0.717) is 11.5 Å². The second-order valence-corrected chi connectivity index (χ2v) is 5.40. The summed E-state index contributed by atoms with van der Waals surface area (Å²) in [4.78, 5) is 2.49. The molecule has 0 aliphatic heterocycles. The molecule has 3 heteroatoms. The molecule has 110 valence electrons.